The van der Waals surface area contributed by atoms with Crippen LogP contribution in [0.1, 0.15) is 37.3 Å². The van der Waals surface area contributed by atoms with Gasteiger partial charge >= 0.3 is 12.1 Å². The molecule has 9 heteroatoms. The highest BCUT2D eigenvalue weighted by Crippen LogP contribution is 2.44. The van der Waals surface area contributed by atoms with Crippen molar-refractivity contribution in [1.82, 2.24) is 16.0 Å². The summed E-state index contributed by atoms with van der Waals surface area (Å²) in [6.45, 7) is 3.04. The molecule has 9 nitrogen and oxygen atoms in total. The number of hydrogen-bond donors (Lipinski definition) is 4. The fraction of sp³-hybridized carbons (Fsp3) is 0.360. The quantitative estimate of drug-likeness (QED) is 0.424. The molecule has 3 rings (SSSR count). The molecule has 0 aromatic heterocycles. The summed E-state index contributed by atoms with van der Waals surface area (Å²) in [6, 6.07) is 14.9. The third-order valence-electron chi connectivity index (χ3n) is 5.52. The second-order valence-corrected chi connectivity index (χ2v) is 8.54. The van der Waals surface area contributed by atoms with Gasteiger partial charge in [-0.3, -0.25) is 9.59 Å². The van der Waals surface area contributed by atoms with Crippen LogP contribution < -0.4 is 16.0 Å². The van der Waals surface area contributed by atoms with E-state index in [0.29, 0.717) is 0 Å². The second kappa shape index (κ2) is 11.3. The van der Waals surface area contributed by atoms with Crippen molar-refractivity contribution < 1.29 is 29.0 Å². The molecule has 0 aliphatic heterocycles. The lowest BCUT2D eigenvalue weighted by atomic mass is 9.98. The van der Waals surface area contributed by atoms with E-state index in [-0.39, 0.29) is 31.4 Å². The number of carboxylic acids is 1. The topological polar surface area (TPSA) is 134 Å². The average Bonchev–Trinajstić information content (AvgIpc) is 3.13. The predicted octanol–water partition coefficient (Wildman–Crippen LogP) is 2.26. The first-order chi connectivity index (χ1) is 16.3. The van der Waals surface area contributed by atoms with Gasteiger partial charge in [-0.15, -0.1) is 0 Å². The van der Waals surface area contributed by atoms with E-state index in [0.717, 1.165) is 22.3 Å². The van der Waals surface area contributed by atoms with E-state index in [1.165, 1.54) is 0 Å². The number of nitrogens with one attached hydrogen (secondary N) is 3. The lowest BCUT2D eigenvalue weighted by Crippen LogP contribution is -2.47. The minimum absolute atomic E-state index is 0.0809. The van der Waals surface area contributed by atoms with Crippen LogP contribution in [-0.4, -0.2) is 54.7 Å². The highest BCUT2D eigenvalue weighted by molar-refractivity contribution is 5.89. The van der Waals surface area contributed by atoms with E-state index in [2.05, 4.69) is 16.0 Å². The first-order valence-corrected chi connectivity index (χ1v) is 11.1. The van der Waals surface area contributed by atoms with Gasteiger partial charge in [0.25, 0.3) is 0 Å². The maximum atomic E-state index is 12.1. The molecule has 180 valence electrons. The standard InChI is InChI=1S/C25H29N3O6/c1-15(2)11-21(24(31)32)28-23(30)13-26-22(29)12-27-25(33)34-14-20-18-9-5-3-7-16(18)17-8-4-6-10-19(17)20/h3-10,15,20-21H,11-14H2,1-2H3,(H,26,29)(H,27,33)(H,28,30)(H,31,32)/t21-/m0/s1. The summed E-state index contributed by atoms with van der Waals surface area (Å²) in [6.07, 6.45) is -0.470. The minimum Gasteiger partial charge on any atom is -0.480 e. The zero-order chi connectivity index (χ0) is 24.7. The van der Waals surface area contributed by atoms with E-state index in [4.69, 9.17) is 9.84 Å². The molecule has 0 saturated heterocycles. The molecule has 2 aromatic carbocycles. The van der Waals surface area contributed by atoms with Gasteiger partial charge in [-0.2, -0.15) is 0 Å². The highest BCUT2D eigenvalue weighted by Gasteiger charge is 2.29. The Hall–Kier alpha value is -3.88. The molecular formula is C25H29N3O6. The van der Waals surface area contributed by atoms with Crippen molar-refractivity contribution >= 4 is 23.9 Å². The van der Waals surface area contributed by atoms with Crippen LogP contribution >= 0.6 is 0 Å². The summed E-state index contributed by atoms with van der Waals surface area (Å²) in [5.41, 5.74) is 4.39. The van der Waals surface area contributed by atoms with Crippen LogP contribution in [0.4, 0.5) is 4.79 Å². The molecule has 4 N–H and O–H groups in total. The van der Waals surface area contributed by atoms with Crippen LogP contribution in [0.15, 0.2) is 48.5 Å². The maximum absolute atomic E-state index is 12.1. The number of ether oxygens (including phenoxy) is 1. The number of benzene rings is 2. The SMILES string of the molecule is CC(C)C[C@H](NC(=O)CNC(=O)CNC(=O)OCC1c2ccccc2-c2ccccc21)C(=O)O. The zero-order valence-corrected chi connectivity index (χ0v) is 19.2. The highest BCUT2D eigenvalue weighted by atomic mass is 16.5. The largest absolute Gasteiger partial charge is 0.480 e. The van der Waals surface area contributed by atoms with E-state index >= 15 is 0 Å². The summed E-state index contributed by atoms with van der Waals surface area (Å²) in [5.74, 6) is -2.37. The normalized spacial score (nSPS) is 12.9. The van der Waals surface area contributed by atoms with Crippen molar-refractivity contribution in [2.24, 2.45) is 5.92 Å². The van der Waals surface area contributed by atoms with Gasteiger partial charge in [0.05, 0.1) is 6.54 Å². The smallest absolute Gasteiger partial charge is 0.407 e. The second-order valence-electron chi connectivity index (χ2n) is 8.54. The number of carbonyl (C=O) groups excluding carboxylic acids is 3. The molecule has 0 heterocycles. The third kappa shape index (κ3) is 6.34. The van der Waals surface area contributed by atoms with Crippen molar-refractivity contribution in [3.63, 3.8) is 0 Å². The van der Waals surface area contributed by atoms with Crippen LogP contribution in [0.2, 0.25) is 0 Å². The lowest BCUT2D eigenvalue weighted by Gasteiger charge is -2.16. The van der Waals surface area contributed by atoms with Crippen molar-refractivity contribution in [2.75, 3.05) is 19.7 Å². The molecule has 0 fully saturated rings. The fourth-order valence-corrected chi connectivity index (χ4v) is 3.98. The average molecular weight is 468 g/mol. The van der Waals surface area contributed by atoms with Crippen molar-refractivity contribution in [3.05, 3.63) is 59.7 Å². The monoisotopic (exact) mass is 467 g/mol. The predicted molar refractivity (Wildman–Crippen MR) is 125 cm³/mol. The van der Waals surface area contributed by atoms with E-state index < -0.39 is 36.5 Å². The number of fused-ring (bicyclic) bond motifs is 3. The first-order valence-electron chi connectivity index (χ1n) is 11.1. The van der Waals surface area contributed by atoms with Crippen LogP contribution in [0.5, 0.6) is 0 Å². The summed E-state index contributed by atoms with van der Waals surface area (Å²) in [7, 11) is 0. The number of hydrogen-bond acceptors (Lipinski definition) is 5. The number of aliphatic carboxylic acids is 1. The maximum Gasteiger partial charge on any atom is 0.407 e. The number of alkyl carbamates (subject to hydrolysis) is 1. The van der Waals surface area contributed by atoms with E-state index in [1.54, 1.807) is 0 Å². The number of carboxylic acid groups (broad SMARTS) is 1. The molecule has 0 radical (unpaired) electrons. The Morgan fingerprint density at radius 2 is 1.44 bits per heavy atom. The van der Waals surface area contributed by atoms with Crippen LogP contribution in [0.25, 0.3) is 11.1 Å². The fourth-order valence-electron chi connectivity index (χ4n) is 3.98. The van der Waals surface area contributed by atoms with Gasteiger partial charge in [0.15, 0.2) is 0 Å². The third-order valence-corrected chi connectivity index (χ3v) is 5.52. The lowest BCUT2D eigenvalue weighted by molar-refractivity contribution is -0.142. The zero-order valence-electron chi connectivity index (χ0n) is 19.2. The minimum atomic E-state index is -1.13. The van der Waals surface area contributed by atoms with Crippen LogP contribution in [0, 0.1) is 5.92 Å². The number of amides is 3. The van der Waals surface area contributed by atoms with Crippen molar-refractivity contribution in [1.29, 1.82) is 0 Å². The first kappa shape index (κ1) is 24.8. The molecule has 1 aliphatic carbocycles. The Labute approximate surface area is 197 Å². The van der Waals surface area contributed by atoms with Gasteiger partial charge in [-0.1, -0.05) is 62.4 Å². The number of rotatable bonds is 10. The number of carbonyl (C=O) groups is 4. The van der Waals surface area contributed by atoms with Gasteiger partial charge < -0.3 is 25.8 Å². The molecule has 0 spiro atoms. The van der Waals surface area contributed by atoms with Crippen molar-refractivity contribution in [2.45, 2.75) is 32.2 Å². The van der Waals surface area contributed by atoms with Gasteiger partial charge in [0, 0.05) is 5.92 Å². The van der Waals surface area contributed by atoms with Gasteiger partial charge in [-0.25, -0.2) is 9.59 Å². The Morgan fingerprint density at radius 3 is 2.00 bits per heavy atom. The van der Waals surface area contributed by atoms with E-state index in [9.17, 15) is 19.2 Å². The van der Waals surface area contributed by atoms with Crippen LogP contribution in [-0.2, 0) is 19.1 Å². The summed E-state index contributed by atoms with van der Waals surface area (Å²) in [4.78, 5) is 47.2. The molecule has 2 aromatic rings. The van der Waals surface area contributed by atoms with Gasteiger partial charge in [-0.05, 0) is 34.6 Å². The molecule has 0 saturated carbocycles. The van der Waals surface area contributed by atoms with Crippen LogP contribution in [0.3, 0.4) is 0 Å². The molecular weight excluding hydrogens is 438 g/mol. The van der Waals surface area contributed by atoms with Crippen molar-refractivity contribution in [3.8, 4) is 11.1 Å². The summed E-state index contributed by atoms with van der Waals surface area (Å²) >= 11 is 0. The Morgan fingerprint density at radius 1 is 0.882 bits per heavy atom. The molecule has 1 aliphatic rings. The molecule has 3 amide bonds. The molecule has 1 atom stereocenters. The van der Waals surface area contributed by atoms with Gasteiger partial charge in [0.2, 0.25) is 11.8 Å². The Bertz CT molecular complexity index is 1020. The Kier molecular flexibility index (Phi) is 8.24. The summed E-state index contributed by atoms with van der Waals surface area (Å²) < 4.78 is 5.36. The molecule has 0 unspecified atom stereocenters. The van der Waals surface area contributed by atoms with E-state index in [1.807, 2.05) is 62.4 Å². The van der Waals surface area contributed by atoms with Gasteiger partial charge in [0.1, 0.15) is 19.2 Å². The molecule has 0 bridgehead atoms. The Balaban J connectivity index is 1.42. The molecule has 34 heavy (non-hydrogen) atoms. The summed E-state index contributed by atoms with van der Waals surface area (Å²) in [5, 5.41) is 16.2.